The molecule has 0 saturated carbocycles. The number of carbonyl (C=O) groups excluding carboxylic acids is 3. The van der Waals surface area contributed by atoms with Crippen molar-refractivity contribution in [1.82, 2.24) is 4.90 Å². The molecule has 2 aliphatic heterocycles. The quantitative estimate of drug-likeness (QED) is 0.118. The average Bonchev–Trinajstić information content (AvgIpc) is 2.96. The van der Waals surface area contributed by atoms with Crippen molar-refractivity contribution in [2.75, 3.05) is 6.54 Å². The Hall–Kier alpha value is -4.26. The van der Waals surface area contributed by atoms with E-state index in [1.54, 1.807) is 0 Å². The van der Waals surface area contributed by atoms with E-state index < -0.39 is 67.7 Å². The van der Waals surface area contributed by atoms with Crippen LogP contribution in [0.3, 0.4) is 0 Å². The van der Waals surface area contributed by atoms with Gasteiger partial charge in [0, 0.05) is 11.8 Å². The molecule has 0 spiro atoms. The van der Waals surface area contributed by atoms with E-state index in [9.17, 15) is 42.9 Å². The van der Waals surface area contributed by atoms with Crippen molar-refractivity contribution in [3.8, 4) is 17.2 Å². The number of nitrogens with zero attached hydrogens (tertiary/aromatic N) is 2. The van der Waals surface area contributed by atoms with Crippen LogP contribution < -0.4 is 4.74 Å². The molecule has 2 saturated heterocycles. The van der Waals surface area contributed by atoms with E-state index in [0.29, 0.717) is 0 Å². The Labute approximate surface area is 204 Å². The van der Waals surface area contributed by atoms with Gasteiger partial charge >= 0.3 is 11.9 Å². The number of fused-ring (bicyclic) bond motifs is 1. The molecule has 3 atom stereocenters. The number of amides is 1. The fourth-order valence-electron chi connectivity index (χ4n) is 4.13. The van der Waals surface area contributed by atoms with E-state index >= 15 is 0 Å². The Balaban J connectivity index is 1.43. The van der Waals surface area contributed by atoms with Crippen molar-refractivity contribution in [2.24, 2.45) is 4.99 Å². The number of hydrogen-bond acceptors (Lipinski definition) is 10. The second-order valence-electron chi connectivity index (χ2n) is 8.44. The van der Waals surface area contributed by atoms with Crippen LogP contribution in [0.2, 0.25) is 0 Å². The maximum atomic E-state index is 12.8. The molecular formula is C23H20N2O10S. The zero-order valence-corrected chi connectivity index (χ0v) is 19.5. The highest BCUT2D eigenvalue weighted by atomic mass is 32.2. The minimum Gasteiger partial charge on any atom is -0.504 e. The van der Waals surface area contributed by atoms with Crippen molar-refractivity contribution in [2.45, 2.75) is 29.5 Å². The summed E-state index contributed by atoms with van der Waals surface area (Å²) in [7, 11) is -4.08. The van der Waals surface area contributed by atoms with E-state index in [-0.39, 0.29) is 23.3 Å². The van der Waals surface area contributed by atoms with Crippen LogP contribution in [-0.2, 0) is 19.4 Å². The van der Waals surface area contributed by atoms with Gasteiger partial charge in [0.15, 0.2) is 33.2 Å². The van der Waals surface area contributed by atoms with Crippen LogP contribution in [0.15, 0.2) is 47.5 Å². The molecule has 0 unspecified atom stereocenters. The van der Waals surface area contributed by atoms with Crippen molar-refractivity contribution < 1.29 is 47.7 Å². The minimum atomic E-state index is -4.08. The van der Waals surface area contributed by atoms with E-state index in [0.717, 1.165) is 30.2 Å². The maximum Gasteiger partial charge on any atom is 0.343 e. The second-order valence-corrected chi connectivity index (χ2v) is 11.0. The van der Waals surface area contributed by atoms with Crippen LogP contribution in [0, 0.1) is 0 Å². The molecule has 0 aromatic heterocycles. The molecule has 2 aromatic carbocycles. The number of carboxylic acids is 1. The molecule has 2 aliphatic rings. The molecule has 36 heavy (non-hydrogen) atoms. The largest absolute Gasteiger partial charge is 0.504 e. The molecule has 188 valence electrons. The molecule has 1 amide bonds. The number of phenols is 2. The van der Waals surface area contributed by atoms with Crippen LogP contribution >= 0.6 is 0 Å². The third kappa shape index (κ3) is 3.96. The summed E-state index contributed by atoms with van der Waals surface area (Å²) in [5, 5.41) is 27.1. The number of carbonyl (C=O) groups is 4. The fourth-order valence-corrected chi connectivity index (χ4v) is 6.36. The normalized spacial score (nSPS) is 24.2. The highest BCUT2D eigenvalue weighted by Crippen LogP contribution is 2.45. The van der Waals surface area contributed by atoms with Gasteiger partial charge in [-0.15, -0.1) is 0 Å². The van der Waals surface area contributed by atoms with Crippen LogP contribution in [0.1, 0.15) is 34.1 Å². The molecule has 13 heteroatoms. The number of aromatic hydroxyl groups is 2. The van der Waals surface area contributed by atoms with Crippen LogP contribution in [0.4, 0.5) is 0 Å². The molecule has 2 aromatic rings. The topological polar surface area (TPSA) is 188 Å². The molecular weight excluding hydrogens is 496 g/mol. The first-order valence-corrected chi connectivity index (χ1v) is 12.1. The number of esters is 1. The number of ether oxygens (including phenoxy) is 1. The van der Waals surface area contributed by atoms with E-state index in [2.05, 4.69) is 4.99 Å². The van der Waals surface area contributed by atoms with Crippen LogP contribution in [0.5, 0.6) is 17.2 Å². The SMILES string of the molecule is C[C@]1(C=NCC(=O)c2ccc(OC(=O)c3ccc(O)c(O)c3)cc2)[C@H](C(=O)O)N2C(=O)C[C@H]2S1(=O)=O. The minimum absolute atomic E-state index is 0.0127. The lowest BCUT2D eigenvalue weighted by molar-refractivity contribution is -0.156. The number of β-lactam (4-membered cyclic amide) rings is 1. The summed E-state index contributed by atoms with van der Waals surface area (Å²) in [4.78, 5) is 53.0. The van der Waals surface area contributed by atoms with Crippen molar-refractivity contribution >= 4 is 39.7 Å². The first-order valence-electron chi connectivity index (χ1n) is 10.5. The van der Waals surface area contributed by atoms with Gasteiger partial charge in [-0.05, 0) is 49.4 Å². The molecule has 2 heterocycles. The summed E-state index contributed by atoms with van der Waals surface area (Å²) in [6.07, 6.45) is 0.618. The number of aliphatic imine (C=N–C) groups is 1. The number of carboxylic acid groups (broad SMARTS) is 1. The summed E-state index contributed by atoms with van der Waals surface area (Å²) in [5.74, 6) is -4.18. The second kappa shape index (κ2) is 8.75. The van der Waals surface area contributed by atoms with Gasteiger partial charge in [0.25, 0.3) is 0 Å². The third-order valence-electron chi connectivity index (χ3n) is 6.15. The number of benzene rings is 2. The summed E-state index contributed by atoms with van der Waals surface area (Å²) < 4.78 is 28.9. The Bertz CT molecular complexity index is 1420. The lowest BCUT2D eigenvalue weighted by Gasteiger charge is -2.35. The summed E-state index contributed by atoms with van der Waals surface area (Å²) in [6.45, 7) is 0.680. The summed E-state index contributed by atoms with van der Waals surface area (Å²) in [5.41, 5.74) is 0.156. The third-order valence-corrected chi connectivity index (χ3v) is 8.82. The van der Waals surface area contributed by atoms with Crippen LogP contribution in [-0.4, -0.2) is 81.2 Å². The number of ketones is 1. The number of Topliss-reactive ketones (excluding diaryl/α,β-unsaturated/α-hetero) is 1. The standard InChI is InChI=1S/C23H20N2O10S/c1-23(20(21(30)31)25-18(29)9-19(25)36(23,33)34)11-24-10-17(28)12-2-5-14(6-3-12)35-22(32)13-4-7-15(26)16(27)8-13/h2-8,11,19-20,26-27H,9-10H2,1H3,(H,30,31)/t19-,20+,23+/m1/s1. The van der Waals surface area contributed by atoms with Gasteiger partial charge in [0.05, 0.1) is 12.0 Å². The smallest absolute Gasteiger partial charge is 0.343 e. The Kier molecular flexibility index (Phi) is 6.04. The Morgan fingerprint density at radius 2 is 1.75 bits per heavy atom. The highest BCUT2D eigenvalue weighted by molar-refractivity contribution is 7.94. The monoisotopic (exact) mass is 516 g/mol. The predicted octanol–water partition coefficient (Wildman–Crippen LogP) is 0.769. The van der Waals surface area contributed by atoms with Crippen molar-refractivity contribution in [3.05, 3.63) is 53.6 Å². The molecule has 4 rings (SSSR count). The Morgan fingerprint density at radius 1 is 1.11 bits per heavy atom. The summed E-state index contributed by atoms with van der Waals surface area (Å²) >= 11 is 0. The zero-order valence-electron chi connectivity index (χ0n) is 18.7. The van der Waals surface area contributed by atoms with Gasteiger partial charge in [-0.25, -0.2) is 18.0 Å². The average molecular weight is 516 g/mol. The van der Waals surface area contributed by atoms with Crippen molar-refractivity contribution in [1.29, 1.82) is 0 Å². The number of aliphatic carboxylic acids is 1. The van der Waals surface area contributed by atoms with E-state index in [4.69, 9.17) is 4.74 Å². The molecule has 0 radical (unpaired) electrons. The fraction of sp³-hybridized carbons (Fsp3) is 0.261. The van der Waals surface area contributed by atoms with Gasteiger partial charge in [-0.1, -0.05) is 0 Å². The van der Waals surface area contributed by atoms with Crippen molar-refractivity contribution in [3.63, 3.8) is 0 Å². The zero-order chi connectivity index (χ0) is 26.4. The molecule has 2 fully saturated rings. The molecule has 0 aliphatic carbocycles. The lowest BCUT2D eigenvalue weighted by Crippen LogP contribution is -2.57. The van der Waals surface area contributed by atoms with Gasteiger partial charge in [0.2, 0.25) is 5.91 Å². The maximum absolute atomic E-state index is 12.8. The first-order chi connectivity index (χ1) is 16.9. The van der Waals surface area contributed by atoms with Gasteiger partial charge in [-0.2, -0.15) is 0 Å². The van der Waals surface area contributed by atoms with Gasteiger partial charge in [-0.3, -0.25) is 14.6 Å². The van der Waals surface area contributed by atoms with E-state index in [1.807, 2.05) is 0 Å². The Morgan fingerprint density at radius 3 is 2.33 bits per heavy atom. The van der Waals surface area contributed by atoms with Crippen LogP contribution in [0.25, 0.3) is 0 Å². The molecule has 12 nitrogen and oxygen atoms in total. The number of hydrogen-bond donors (Lipinski definition) is 3. The molecule has 0 bridgehead atoms. The predicted molar refractivity (Wildman–Crippen MR) is 123 cm³/mol. The number of phenolic OH excluding ortho intramolecular Hbond substituents is 2. The summed E-state index contributed by atoms with van der Waals surface area (Å²) in [6, 6.07) is 7.17. The number of rotatable bonds is 7. The van der Waals surface area contributed by atoms with Gasteiger partial charge < -0.3 is 25.0 Å². The highest BCUT2D eigenvalue weighted by Gasteiger charge is 2.69. The molecule has 3 N–H and O–H groups in total. The number of sulfone groups is 1. The van der Waals surface area contributed by atoms with Gasteiger partial charge in [0.1, 0.15) is 22.4 Å². The lowest BCUT2D eigenvalue weighted by atomic mass is 9.97. The van der Waals surface area contributed by atoms with E-state index in [1.165, 1.54) is 30.3 Å². The first kappa shape index (κ1) is 24.9.